The van der Waals surface area contributed by atoms with E-state index in [0.717, 1.165) is 29.5 Å². The first kappa shape index (κ1) is 12.8. The molecule has 2 aromatic rings. The minimum absolute atomic E-state index is 0.0663. The zero-order valence-corrected chi connectivity index (χ0v) is 9.98. The van der Waals surface area contributed by atoms with Crippen LogP contribution in [0.4, 0.5) is 20.9 Å². The molecule has 0 atom stereocenters. The molecule has 19 heavy (non-hydrogen) atoms. The number of hydrogen-bond donors (Lipinski definition) is 2. The fourth-order valence-corrected chi connectivity index (χ4v) is 1.73. The Kier molecular flexibility index (Phi) is 3.33. The topological polar surface area (TPSA) is 124 Å². The summed E-state index contributed by atoms with van der Waals surface area (Å²) in [6.45, 7) is 0. The molecule has 0 fully saturated rings. The molecule has 1 aromatic carbocycles. The van der Waals surface area contributed by atoms with E-state index in [-0.39, 0.29) is 21.5 Å². The summed E-state index contributed by atoms with van der Waals surface area (Å²) in [6.07, 6.45) is 0. The molecule has 0 aliphatic carbocycles. The van der Waals surface area contributed by atoms with E-state index in [1.807, 2.05) is 0 Å². The lowest BCUT2D eigenvalue weighted by Gasteiger charge is -2.03. The number of carbonyl (C=O) groups is 1. The summed E-state index contributed by atoms with van der Waals surface area (Å²) in [6, 6.07) is 2.80. The van der Waals surface area contributed by atoms with Gasteiger partial charge in [-0.1, -0.05) is 11.3 Å². The van der Waals surface area contributed by atoms with Gasteiger partial charge < -0.3 is 11.1 Å². The number of nitrogens with zero attached hydrogens (tertiary/aromatic N) is 3. The Bertz CT molecular complexity index is 659. The molecule has 1 aromatic heterocycles. The number of carbonyl (C=O) groups excluding carboxylic acids is 1. The van der Waals surface area contributed by atoms with Crippen LogP contribution in [0.3, 0.4) is 0 Å². The summed E-state index contributed by atoms with van der Waals surface area (Å²) >= 11 is 0.819. The Morgan fingerprint density at radius 3 is 2.79 bits per heavy atom. The highest BCUT2D eigenvalue weighted by Crippen LogP contribution is 2.22. The Morgan fingerprint density at radius 2 is 2.21 bits per heavy atom. The monoisotopic (exact) mass is 283 g/mol. The molecular weight excluding hydrogens is 277 g/mol. The number of amides is 1. The summed E-state index contributed by atoms with van der Waals surface area (Å²) in [7, 11) is 0. The standard InChI is InChI=1S/C9H6FN5O3S/c10-5-2-1-4(15(17)18)3-6(5)12-7(16)8-13-14-9(11)19-8/h1-3H,(H2,11,14)(H,12,16). The van der Waals surface area contributed by atoms with Crippen LogP contribution in [0.2, 0.25) is 0 Å². The van der Waals surface area contributed by atoms with E-state index in [1.54, 1.807) is 0 Å². The molecule has 10 heteroatoms. The third kappa shape index (κ3) is 2.80. The molecule has 0 saturated heterocycles. The molecule has 0 aliphatic heterocycles. The number of rotatable bonds is 3. The first-order valence-electron chi connectivity index (χ1n) is 4.81. The SMILES string of the molecule is Nc1nnc(C(=O)Nc2cc([N+](=O)[O-])ccc2F)s1. The van der Waals surface area contributed by atoms with Crippen molar-refractivity contribution in [3.8, 4) is 0 Å². The number of aromatic nitrogens is 2. The molecule has 0 unspecified atom stereocenters. The molecule has 98 valence electrons. The lowest BCUT2D eigenvalue weighted by molar-refractivity contribution is -0.384. The molecular formula is C9H6FN5O3S. The lowest BCUT2D eigenvalue weighted by Crippen LogP contribution is -2.13. The van der Waals surface area contributed by atoms with Crippen LogP contribution >= 0.6 is 11.3 Å². The number of nitro benzene ring substituents is 1. The Morgan fingerprint density at radius 1 is 1.47 bits per heavy atom. The van der Waals surface area contributed by atoms with Crippen LogP contribution < -0.4 is 11.1 Å². The van der Waals surface area contributed by atoms with Crippen LogP contribution in [0.1, 0.15) is 9.80 Å². The minimum atomic E-state index is -0.795. The van der Waals surface area contributed by atoms with E-state index in [0.29, 0.717) is 0 Å². The summed E-state index contributed by atoms with van der Waals surface area (Å²) in [5.41, 5.74) is 4.65. The first-order valence-corrected chi connectivity index (χ1v) is 5.63. The average Bonchev–Trinajstić information content (AvgIpc) is 2.78. The number of nitrogens with two attached hydrogens (primary N) is 1. The third-order valence-corrected chi connectivity index (χ3v) is 2.80. The van der Waals surface area contributed by atoms with E-state index in [4.69, 9.17) is 5.73 Å². The number of non-ortho nitro benzene ring substituents is 1. The van der Waals surface area contributed by atoms with Crippen LogP contribution in [-0.2, 0) is 0 Å². The van der Waals surface area contributed by atoms with Crippen molar-refractivity contribution in [3.05, 3.63) is 39.1 Å². The van der Waals surface area contributed by atoms with Gasteiger partial charge in [-0.15, -0.1) is 10.2 Å². The maximum absolute atomic E-state index is 13.4. The molecule has 2 rings (SSSR count). The summed E-state index contributed by atoms with van der Waals surface area (Å²) in [5, 5.41) is 19.7. The van der Waals surface area contributed by atoms with Crippen molar-refractivity contribution in [1.29, 1.82) is 0 Å². The zero-order valence-electron chi connectivity index (χ0n) is 9.16. The van der Waals surface area contributed by atoms with Crippen molar-refractivity contribution in [3.63, 3.8) is 0 Å². The minimum Gasteiger partial charge on any atom is -0.374 e. The van der Waals surface area contributed by atoms with E-state index in [1.165, 1.54) is 0 Å². The molecule has 0 spiro atoms. The highest BCUT2D eigenvalue weighted by Gasteiger charge is 2.16. The van der Waals surface area contributed by atoms with Crippen molar-refractivity contribution >= 4 is 33.8 Å². The molecule has 3 N–H and O–H groups in total. The van der Waals surface area contributed by atoms with E-state index < -0.39 is 16.6 Å². The van der Waals surface area contributed by atoms with Gasteiger partial charge in [0.2, 0.25) is 10.1 Å². The number of nitrogen functional groups attached to an aromatic ring is 1. The van der Waals surface area contributed by atoms with E-state index in [9.17, 15) is 19.3 Å². The van der Waals surface area contributed by atoms with Gasteiger partial charge in [0, 0.05) is 12.1 Å². The first-order chi connectivity index (χ1) is 8.97. The Hall–Kier alpha value is -2.62. The smallest absolute Gasteiger partial charge is 0.286 e. The summed E-state index contributed by atoms with van der Waals surface area (Å²) in [4.78, 5) is 21.5. The molecule has 0 radical (unpaired) electrons. The number of nitrogens with one attached hydrogen (secondary N) is 1. The average molecular weight is 283 g/mol. The van der Waals surface area contributed by atoms with Crippen LogP contribution in [-0.4, -0.2) is 21.0 Å². The zero-order chi connectivity index (χ0) is 14.0. The second-order valence-electron chi connectivity index (χ2n) is 3.32. The van der Waals surface area contributed by atoms with Crippen molar-refractivity contribution < 1.29 is 14.1 Å². The van der Waals surface area contributed by atoms with Crippen LogP contribution in [0, 0.1) is 15.9 Å². The van der Waals surface area contributed by atoms with Crippen LogP contribution in [0.5, 0.6) is 0 Å². The van der Waals surface area contributed by atoms with E-state index >= 15 is 0 Å². The number of anilines is 2. The Balaban J connectivity index is 2.25. The second kappa shape index (κ2) is 4.94. The molecule has 0 saturated carbocycles. The van der Waals surface area contributed by atoms with Gasteiger partial charge in [-0.25, -0.2) is 4.39 Å². The van der Waals surface area contributed by atoms with Crippen LogP contribution in [0.15, 0.2) is 18.2 Å². The lowest BCUT2D eigenvalue weighted by atomic mass is 10.2. The predicted molar refractivity (Wildman–Crippen MR) is 65.3 cm³/mol. The normalized spacial score (nSPS) is 10.2. The molecule has 1 amide bonds. The highest BCUT2D eigenvalue weighted by molar-refractivity contribution is 7.16. The number of halogens is 1. The predicted octanol–water partition coefficient (Wildman–Crippen LogP) is 1.42. The van der Waals surface area contributed by atoms with E-state index in [2.05, 4.69) is 15.5 Å². The number of benzene rings is 1. The van der Waals surface area contributed by atoms with Gasteiger partial charge in [-0.2, -0.15) is 0 Å². The fourth-order valence-electron chi connectivity index (χ4n) is 1.22. The molecule has 8 nitrogen and oxygen atoms in total. The van der Waals surface area contributed by atoms with Gasteiger partial charge in [0.15, 0.2) is 0 Å². The largest absolute Gasteiger partial charge is 0.374 e. The van der Waals surface area contributed by atoms with Gasteiger partial charge in [0.25, 0.3) is 11.6 Å². The highest BCUT2D eigenvalue weighted by atomic mass is 32.1. The van der Waals surface area contributed by atoms with Gasteiger partial charge in [0.05, 0.1) is 10.6 Å². The maximum atomic E-state index is 13.4. The second-order valence-corrected chi connectivity index (χ2v) is 4.33. The van der Waals surface area contributed by atoms with Crippen molar-refractivity contribution in [1.82, 2.24) is 10.2 Å². The van der Waals surface area contributed by atoms with Crippen molar-refractivity contribution in [2.24, 2.45) is 0 Å². The van der Waals surface area contributed by atoms with Crippen molar-refractivity contribution in [2.45, 2.75) is 0 Å². The Labute approximate surface area is 109 Å². The number of nitro groups is 1. The molecule has 0 bridgehead atoms. The van der Waals surface area contributed by atoms with Crippen molar-refractivity contribution in [2.75, 3.05) is 11.1 Å². The quantitative estimate of drug-likeness (QED) is 0.648. The summed E-state index contributed by atoms with van der Waals surface area (Å²) < 4.78 is 13.4. The summed E-state index contributed by atoms with van der Waals surface area (Å²) in [5.74, 6) is -1.54. The third-order valence-electron chi connectivity index (χ3n) is 2.04. The fraction of sp³-hybridized carbons (Fsp3) is 0. The van der Waals surface area contributed by atoms with Crippen LogP contribution in [0.25, 0.3) is 0 Å². The van der Waals surface area contributed by atoms with Gasteiger partial charge in [-0.3, -0.25) is 14.9 Å². The van der Waals surface area contributed by atoms with Gasteiger partial charge in [0.1, 0.15) is 5.82 Å². The molecule has 1 heterocycles. The van der Waals surface area contributed by atoms with Gasteiger partial charge >= 0.3 is 0 Å². The molecule has 0 aliphatic rings. The maximum Gasteiger partial charge on any atom is 0.286 e. The van der Waals surface area contributed by atoms with Gasteiger partial charge in [-0.05, 0) is 6.07 Å². The number of hydrogen-bond acceptors (Lipinski definition) is 7.